The van der Waals surface area contributed by atoms with E-state index in [1.165, 1.54) is 0 Å². The quantitative estimate of drug-likeness (QED) is 0.727. The summed E-state index contributed by atoms with van der Waals surface area (Å²) in [6.45, 7) is 2.33. The molecule has 0 bridgehead atoms. The van der Waals surface area contributed by atoms with Gasteiger partial charge in [0, 0.05) is 10.5 Å². The van der Waals surface area contributed by atoms with Crippen LogP contribution in [0.4, 0.5) is 0 Å². The number of rotatable bonds is 1. The normalized spacial score (nSPS) is 16.5. The van der Waals surface area contributed by atoms with E-state index in [0.29, 0.717) is 17.9 Å². The molecule has 0 saturated heterocycles. The average Bonchev–Trinajstić information content (AvgIpc) is 2.86. The predicted octanol–water partition coefficient (Wildman–Crippen LogP) is 3.72. The number of Topliss-reactive ketones (excluding diaryl/α,β-unsaturated/α-hetero) is 1. The Balaban J connectivity index is 2.01. The number of carbonyl (C=O) groups is 1. The second-order valence-electron chi connectivity index (χ2n) is 4.30. The fraction of sp³-hybridized carbons (Fsp3) is 0.133. The molecule has 0 fully saturated rings. The molecule has 0 aliphatic carbocycles. The van der Waals surface area contributed by atoms with Crippen LogP contribution in [0.1, 0.15) is 20.8 Å². The number of thiophene rings is 1. The molecule has 90 valence electrons. The van der Waals surface area contributed by atoms with Gasteiger partial charge in [-0.25, -0.2) is 0 Å². The van der Waals surface area contributed by atoms with Crippen LogP contribution in [-0.2, 0) is 0 Å². The van der Waals surface area contributed by atoms with Crippen molar-refractivity contribution in [3.05, 3.63) is 57.3 Å². The molecule has 18 heavy (non-hydrogen) atoms. The summed E-state index contributed by atoms with van der Waals surface area (Å²) in [4.78, 5) is 13.4. The number of hydrogen-bond acceptors (Lipinski definition) is 3. The van der Waals surface area contributed by atoms with Crippen LogP contribution in [0.15, 0.2) is 41.3 Å². The third-order valence-electron chi connectivity index (χ3n) is 2.91. The summed E-state index contributed by atoms with van der Waals surface area (Å²) < 4.78 is 5.63. The number of fused-ring (bicyclic) bond motifs is 1. The first kappa shape index (κ1) is 11.2. The van der Waals surface area contributed by atoms with Crippen LogP contribution in [-0.4, -0.2) is 12.4 Å². The highest BCUT2D eigenvalue weighted by atomic mass is 32.1. The van der Waals surface area contributed by atoms with Crippen molar-refractivity contribution in [3.63, 3.8) is 0 Å². The summed E-state index contributed by atoms with van der Waals surface area (Å²) in [5.74, 6) is 0.766. The fourth-order valence-corrected chi connectivity index (χ4v) is 2.68. The van der Waals surface area contributed by atoms with Crippen molar-refractivity contribution in [2.75, 3.05) is 6.61 Å². The van der Waals surface area contributed by atoms with E-state index in [2.05, 4.69) is 0 Å². The molecule has 1 aromatic heterocycles. The van der Waals surface area contributed by atoms with Gasteiger partial charge in [-0.05, 0) is 36.6 Å². The average molecular weight is 256 g/mol. The van der Waals surface area contributed by atoms with E-state index in [1.807, 2.05) is 48.7 Å². The molecule has 0 N–H and O–H groups in total. The molecule has 1 aliphatic rings. The van der Waals surface area contributed by atoms with Gasteiger partial charge in [0.25, 0.3) is 0 Å². The minimum Gasteiger partial charge on any atom is -0.488 e. The first-order valence-corrected chi connectivity index (χ1v) is 6.64. The van der Waals surface area contributed by atoms with E-state index < -0.39 is 0 Å². The summed E-state index contributed by atoms with van der Waals surface area (Å²) in [5, 5.41) is 2.00. The van der Waals surface area contributed by atoms with Gasteiger partial charge in [0.05, 0.1) is 5.56 Å². The zero-order chi connectivity index (χ0) is 12.5. The Morgan fingerprint density at radius 3 is 3.00 bits per heavy atom. The first-order valence-electron chi connectivity index (χ1n) is 5.76. The Kier molecular flexibility index (Phi) is 2.76. The maximum atomic E-state index is 12.4. The molecule has 0 spiro atoms. The van der Waals surface area contributed by atoms with Crippen molar-refractivity contribution in [1.82, 2.24) is 0 Å². The lowest BCUT2D eigenvalue weighted by Crippen LogP contribution is -2.19. The molecule has 1 aromatic carbocycles. The Morgan fingerprint density at radius 1 is 1.33 bits per heavy atom. The minimum atomic E-state index is 0.0772. The molecule has 1 aliphatic heterocycles. The summed E-state index contributed by atoms with van der Waals surface area (Å²) in [5.41, 5.74) is 2.46. The molecule has 3 rings (SSSR count). The topological polar surface area (TPSA) is 26.3 Å². The molecule has 0 saturated carbocycles. The molecule has 2 aromatic rings. The summed E-state index contributed by atoms with van der Waals surface area (Å²) in [7, 11) is 0. The third-order valence-corrected chi connectivity index (χ3v) is 3.73. The number of hydrogen-bond donors (Lipinski definition) is 0. The van der Waals surface area contributed by atoms with Gasteiger partial charge in [-0.15, -0.1) is 11.3 Å². The predicted molar refractivity (Wildman–Crippen MR) is 73.3 cm³/mol. The molecule has 0 amide bonds. The highest BCUT2D eigenvalue weighted by molar-refractivity contribution is 7.10. The molecule has 2 heterocycles. The number of carbonyl (C=O) groups excluding carboxylic acids is 1. The van der Waals surface area contributed by atoms with Crippen LogP contribution in [0.2, 0.25) is 0 Å². The highest BCUT2D eigenvalue weighted by Gasteiger charge is 2.23. The van der Waals surface area contributed by atoms with Crippen molar-refractivity contribution in [3.8, 4) is 5.75 Å². The molecule has 0 atom stereocenters. The molecule has 0 radical (unpaired) electrons. The van der Waals surface area contributed by atoms with Gasteiger partial charge in [-0.3, -0.25) is 4.79 Å². The van der Waals surface area contributed by atoms with Crippen LogP contribution >= 0.6 is 11.3 Å². The van der Waals surface area contributed by atoms with Crippen molar-refractivity contribution >= 4 is 23.2 Å². The lowest BCUT2D eigenvalue weighted by Gasteiger charge is -2.19. The standard InChI is InChI=1S/C15H12O2S/c1-10-4-5-14-13(7-10)15(16)11(9-17-14)8-12-3-2-6-18-12/h2-8H,9H2,1H3/b11-8+. The van der Waals surface area contributed by atoms with Gasteiger partial charge in [0.2, 0.25) is 0 Å². The maximum Gasteiger partial charge on any atom is 0.196 e. The smallest absolute Gasteiger partial charge is 0.196 e. The molecule has 0 unspecified atom stereocenters. The van der Waals surface area contributed by atoms with Crippen molar-refractivity contribution in [1.29, 1.82) is 0 Å². The van der Waals surface area contributed by atoms with E-state index >= 15 is 0 Å². The maximum absolute atomic E-state index is 12.4. The van der Waals surface area contributed by atoms with E-state index in [-0.39, 0.29) is 5.78 Å². The Morgan fingerprint density at radius 2 is 2.22 bits per heavy atom. The highest BCUT2D eigenvalue weighted by Crippen LogP contribution is 2.29. The number of benzene rings is 1. The number of ketones is 1. The first-order chi connectivity index (χ1) is 8.74. The van der Waals surface area contributed by atoms with Gasteiger partial charge in [-0.2, -0.15) is 0 Å². The molecular weight excluding hydrogens is 244 g/mol. The minimum absolute atomic E-state index is 0.0772. The van der Waals surface area contributed by atoms with Crippen LogP contribution in [0.25, 0.3) is 6.08 Å². The monoisotopic (exact) mass is 256 g/mol. The lowest BCUT2D eigenvalue weighted by molar-refractivity contribution is 0.100. The van der Waals surface area contributed by atoms with Gasteiger partial charge >= 0.3 is 0 Å². The molecular formula is C15H12O2S. The fourth-order valence-electron chi connectivity index (χ4n) is 1.99. The number of ether oxygens (including phenoxy) is 1. The Bertz CT molecular complexity index is 624. The lowest BCUT2D eigenvalue weighted by atomic mass is 9.98. The SMILES string of the molecule is Cc1ccc2c(c1)C(=O)/C(=C/c1cccs1)CO2. The van der Waals surface area contributed by atoms with E-state index in [1.54, 1.807) is 11.3 Å². The Hall–Kier alpha value is -1.87. The van der Waals surface area contributed by atoms with E-state index in [4.69, 9.17) is 4.74 Å². The number of aryl methyl sites for hydroxylation is 1. The van der Waals surface area contributed by atoms with Crippen molar-refractivity contribution < 1.29 is 9.53 Å². The van der Waals surface area contributed by atoms with E-state index in [9.17, 15) is 4.79 Å². The summed E-state index contributed by atoms with van der Waals surface area (Å²) in [6, 6.07) is 9.68. The van der Waals surface area contributed by atoms with Gasteiger partial charge < -0.3 is 4.74 Å². The second-order valence-corrected chi connectivity index (χ2v) is 5.28. The Labute approximate surface area is 110 Å². The summed E-state index contributed by atoms with van der Waals surface area (Å²) >= 11 is 1.62. The second kappa shape index (κ2) is 4.42. The summed E-state index contributed by atoms with van der Waals surface area (Å²) in [6.07, 6.45) is 1.91. The van der Waals surface area contributed by atoms with Gasteiger partial charge in [0.1, 0.15) is 12.4 Å². The van der Waals surface area contributed by atoms with Gasteiger partial charge in [0.15, 0.2) is 5.78 Å². The van der Waals surface area contributed by atoms with Crippen LogP contribution in [0, 0.1) is 6.92 Å². The van der Waals surface area contributed by atoms with Crippen LogP contribution in [0.3, 0.4) is 0 Å². The van der Waals surface area contributed by atoms with Crippen LogP contribution in [0.5, 0.6) is 5.75 Å². The molecule has 3 heteroatoms. The van der Waals surface area contributed by atoms with E-state index in [0.717, 1.165) is 16.0 Å². The van der Waals surface area contributed by atoms with Crippen LogP contribution < -0.4 is 4.74 Å². The molecule has 2 nitrogen and oxygen atoms in total. The zero-order valence-electron chi connectivity index (χ0n) is 9.97. The van der Waals surface area contributed by atoms with Crippen molar-refractivity contribution in [2.24, 2.45) is 0 Å². The third kappa shape index (κ3) is 1.97. The largest absolute Gasteiger partial charge is 0.488 e. The van der Waals surface area contributed by atoms with Gasteiger partial charge in [-0.1, -0.05) is 17.7 Å². The van der Waals surface area contributed by atoms with Crippen molar-refractivity contribution in [2.45, 2.75) is 6.92 Å². The zero-order valence-corrected chi connectivity index (χ0v) is 10.8.